The molecule has 37 heavy (non-hydrogen) atoms. The maximum Gasteiger partial charge on any atom is 0.416 e. The number of nitrogens with zero attached hydrogens (tertiary/aromatic N) is 6. The van der Waals surface area contributed by atoms with Gasteiger partial charge in [0, 0.05) is 10.6 Å². The Kier molecular flexibility index (Phi) is 7.39. The second kappa shape index (κ2) is 10.4. The summed E-state index contributed by atoms with van der Waals surface area (Å²) < 4.78 is 46.6. The summed E-state index contributed by atoms with van der Waals surface area (Å²) >= 11 is 12.1. The minimum absolute atomic E-state index is 0.0777. The number of esters is 1. The quantitative estimate of drug-likeness (QED) is 0.347. The third kappa shape index (κ3) is 5.53. The summed E-state index contributed by atoms with van der Waals surface area (Å²) in [4.78, 5) is 29.5. The first-order valence-corrected chi connectivity index (χ1v) is 11.2. The number of ether oxygens (including phenoxy) is 1. The summed E-state index contributed by atoms with van der Waals surface area (Å²) in [5.74, 6) is -1.31. The van der Waals surface area contributed by atoms with E-state index in [9.17, 15) is 27.9 Å². The van der Waals surface area contributed by atoms with Crippen LogP contribution in [0.2, 0.25) is 10.0 Å². The molecule has 0 aliphatic heterocycles. The zero-order chi connectivity index (χ0) is 26.9. The van der Waals surface area contributed by atoms with E-state index in [4.69, 9.17) is 27.9 Å². The predicted molar refractivity (Wildman–Crippen MR) is 126 cm³/mol. The summed E-state index contributed by atoms with van der Waals surface area (Å²) in [7, 11) is 1.14. The van der Waals surface area contributed by atoms with Gasteiger partial charge in [0.2, 0.25) is 5.82 Å². The number of halogens is 5. The number of benzene rings is 2. The second-order valence-electron chi connectivity index (χ2n) is 7.65. The van der Waals surface area contributed by atoms with Crippen LogP contribution < -0.4 is 5.69 Å². The molecule has 0 aliphatic carbocycles. The SMILES string of the molecule is COC(=O)c1nc(Cn2nc(-c3ccc(Cl)cc3)n(CC(O)C(F)(F)F)c2=O)nn1-c1ccccc1Cl. The fourth-order valence-electron chi connectivity index (χ4n) is 3.37. The number of aliphatic hydroxyl groups excluding tert-OH is 1. The second-order valence-corrected chi connectivity index (χ2v) is 8.49. The fourth-order valence-corrected chi connectivity index (χ4v) is 3.71. The van der Waals surface area contributed by atoms with E-state index < -0.39 is 37.0 Å². The van der Waals surface area contributed by atoms with Gasteiger partial charge in [-0.05, 0) is 36.4 Å². The highest BCUT2D eigenvalue weighted by Gasteiger charge is 2.39. The van der Waals surface area contributed by atoms with Gasteiger partial charge in [0.05, 0.1) is 24.4 Å². The van der Waals surface area contributed by atoms with E-state index in [0.29, 0.717) is 15.3 Å². The van der Waals surface area contributed by atoms with Gasteiger partial charge < -0.3 is 9.84 Å². The molecule has 10 nitrogen and oxygen atoms in total. The molecule has 0 bridgehead atoms. The van der Waals surface area contributed by atoms with Crippen molar-refractivity contribution in [3.05, 3.63) is 80.7 Å². The van der Waals surface area contributed by atoms with E-state index in [1.54, 1.807) is 24.3 Å². The van der Waals surface area contributed by atoms with E-state index in [0.717, 1.165) is 16.5 Å². The van der Waals surface area contributed by atoms with Crippen LogP contribution in [0.1, 0.15) is 16.4 Å². The Hall–Kier alpha value is -3.68. The molecule has 0 amide bonds. The van der Waals surface area contributed by atoms with Gasteiger partial charge in [0.15, 0.2) is 17.8 Å². The number of methoxy groups -OCH3 is 1. The molecule has 4 rings (SSSR count). The van der Waals surface area contributed by atoms with E-state index in [1.165, 1.54) is 24.3 Å². The third-order valence-electron chi connectivity index (χ3n) is 5.15. The lowest BCUT2D eigenvalue weighted by Gasteiger charge is -2.15. The molecule has 194 valence electrons. The molecule has 0 spiro atoms. The van der Waals surface area contributed by atoms with Gasteiger partial charge in [-0.25, -0.2) is 23.9 Å². The Bertz CT molecular complexity index is 1500. The topological polar surface area (TPSA) is 117 Å². The van der Waals surface area contributed by atoms with Gasteiger partial charge in [-0.2, -0.15) is 13.2 Å². The average Bonchev–Trinajstić information content (AvgIpc) is 3.40. The van der Waals surface area contributed by atoms with Crippen LogP contribution in [0.15, 0.2) is 53.3 Å². The number of para-hydroxylation sites is 1. The first-order chi connectivity index (χ1) is 17.5. The standard InChI is InChI=1S/C22H17Cl2F3N6O4/c1-37-20(35)19-28-17(29-33(19)15-5-3-2-4-14(15)24)11-32-21(36)31(10-16(34)22(25,26)27)18(30-32)12-6-8-13(23)9-7-12/h2-9,16,34H,10-11H2,1H3. The molecule has 15 heteroatoms. The van der Waals surface area contributed by atoms with Crippen molar-refractivity contribution in [1.82, 2.24) is 29.1 Å². The minimum Gasteiger partial charge on any atom is -0.463 e. The van der Waals surface area contributed by atoms with Gasteiger partial charge in [-0.1, -0.05) is 35.3 Å². The van der Waals surface area contributed by atoms with Gasteiger partial charge in [-0.3, -0.25) is 4.57 Å². The molecule has 2 aromatic heterocycles. The van der Waals surface area contributed by atoms with Gasteiger partial charge in [0.1, 0.15) is 6.54 Å². The third-order valence-corrected chi connectivity index (χ3v) is 5.72. The van der Waals surface area contributed by atoms with Crippen LogP contribution in [0.3, 0.4) is 0 Å². The number of rotatable bonds is 7. The van der Waals surface area contributed by atoms with Crippen molar-refractivity contribution in [2.45, 2.75) is 25.4 Å². The molecule has 0 aliphatic rings. The van der Waals surface area contributed by atoms with E-state index >= 15 is 0 Å². The monoisotopic (exact) mass is 556 g/mol. The lowest BCUT2D eigenvalue weighted by molar-refractivity contribution is -0.207. The Morgan fingerprint density at radius 2 is 1.78 bits per heavy atom. The van der Waals surface area contributed by atoms with Crippen LogP contribution in [0, 0.1) is 0 Å². The van der Waals surface area contributed by atoms with E-state index in [2.05, 4.69) is 15.2 Å². The van der Waals surface area contributed by atoms with E-state index in [1.807, 2.05) is 0 Å². The number of carbonyl (C=O) groups excluding carboxylic acids is 1. The number of hydrogen-bond acceptors (Lipinski definition) is 7. The Labute approximate surface area is 216 Å². The minimum atomic E-state index is -4.97. The van der Waals surface area contributed by atoms with Gasteiger partial charge in [0.25, 0.3) is 0 Å². The van der Waals surface area contributed by atoms with Crippen molar-refractivity contribution in [2.24, 2.45) is 0 Å². The zero-order valence-electron chi connectivity index (χ0n) is 18.9. The van der Waals surface area contributed by atoms with Crippen LogP contribution >= 0.6 is 23.2 Å². The molecule has 1 unspecified atom stereocenters. The van der Waals surface area contributed by atoms with Gasteiger partial charge in [-0.15, -0.1) is 10.2 Å². The molecule has 4 aromatic rings. The van der Waals surface area contributed by atoms with Crippen LogP contribution in [0.4, 0.5) is 13.2 Å². The average molecular weight is 557 g/mol. The Morgan fingerprint density at radius 1 is 1.11 bits per heavy atom. The largest absolute Gasteiger partial charge is 0.463 e. The first-order valence-electron chi connectivity index (χ1n) is 10.5. The predicted octanol–water partition coefficient (Wildman–Crippen LogP) is 3.36. The fraction of sp³-hybridized carbons (Fsp3) is 0.227. The number of carbonyl (C=O) groups is 1. The van der Waals surface area contributed by atoms with Crippen molar-refractivity contribution in [3.63, 3.8) is 0 Å². The molecular weight excluding hydrogens is 540 g/mol. The lowest BCUT2D eigenvalue weighted by atomic mass is 10.2. The highest BCUT2D eigenvalue weighted by molar-refractivity contribution is 6.32. The maximum atomic E-state index is 13.1. The molecule has 2 heterocycles. The van der Waals surface area contributed by atoms with Crippen molar-refractivity contribution >= 4 is 29.2 Å². The first kappa shape index (κ1) is 26.4. The van der Waals surface area contributed by atoms with Crippen LogP contribution in [0.5, 0.6) is 0 Å². The zero-order valence-corrected chi connectivity index (χ0v) is 20.4. The molecular formula is C22H17Cl2F3N6O4. The normalized spacial score (nSPS) is 12.5. The molecule has 1 atom stereocenters. The molecule has 0 radical (unpaired) electrons. The Morgan fingerprint density at radius 3 is 2.41 bits per heavy atom. The highest BCUT2D eigenvalue weighted by atomic mass is 35.5. The molecule has 0 saturated heterocycles. The molecule has 0 fully saturated rings. The van der Waals surface area contributed by atoms with Crippen molar-refractivity contribution in [2.75, 3.05) is 7.11 Å². The summed E-state index contributed by atoms with van der Waals surface area (Å²) in [5.41, 5.74) is -0.391. The number of aromatic nitrogens is 6. The van der Waals surface area contributed by atoms with Crippen LogP contribution in [-0.4, -0.2) is 59.6 Å². The molecule has 2 aromatic carbocycles. The summed E-state index contributed by atoms with van der Waals surface area (Å²) in [5, 5.41) is 18.6. The van der Waals surface area contributed by atoms with Gasteiger partial charge >= 0.3 is 17.8 Å². The smallest absolute Gasteiger partial charge is 0.416 e. The van der Waals surface area contributed by atoms with Crippen molar-refractivity contribution in [1.29, 1.82) is 0 Å². The molecule has 1 N–H and O–H groups in total. The number of hydrogen-bond donors (Lipinski definition) is 1. The highest BCUT2D eigenvalue weighted by Crippen LogP contribution is 2.25. The summed E-state index contributed by atoms with van der Waals surface area (Å²) in [6, 6.07) is 12.3. The Balaban J connectivity index is 1.79. The maximum absolute atomic E-state index is 13.1. The van der Waals surface area contributed by atoms with Crippen molar-refractivity contribution in [3.8, 4) is 17.1 Å². The van der Waals surface area contributed by atoms with Crippen molar-refractivity contribution < 1.29 is 27.8 Å². The van der Waals surface area contributed by atoms with Crippen LogP contribution in [0.25, 0.3) is 17.1 Å². The van der Waals surface area contributed by atoms with E-state index in [-0.39, 0.29) is 28.1 Å². The summed E-state index contributed by atoms with van der Waals surface area (Å²) in [6.07, 6.45) is -7.79. The van der Waals surface area contributed by atoms with Crippen LogP contribution in [-0.2, 0) is 17.8 Å². The summed E-state index contributed by atoms with van der Waals surface area (Å²) in [6.45, 7) is -1.52. The number of alkyl halides is 3. The number of aliphatic hydroxyl groups is 1. The molecule has 0 saturated carbocycles. The lowest BCUT2D eigenvalue weighted by Crippen LogP contribution is -2.37.